The van der Waals surface area contributed by atoms with Gasteiger partial charge < -0.3 is 15.4 Å². The molecule has 0 unspecified atom stereocenters. The van der Waals surface area contributed by atoms with E-state index in [0.717, 1.165) is 16.8 Å². The Morgan fingerprint density at radius 2 is 1.89 bits per heavy atom. The molecule has 0 aliphatic rings. The summed E-state index contributed by atoms with van der Waals surface area (Å²) in [5.41, 5.74) is 3.67. The van der Waals surface area contributed by atoms with E-state index in [0.29, 0.717) is 23.4 Å². The summed E-state index contributed by atoms with van der Waals surface area (Å²) in [5, 5.41) is 5.78. The highest BCUT2D eigenvalue weighted by Crippen LogP contribution is 2.29. The summed E-state index contributed by atoms with van der Waals surface area (Å²) >= 11 is 0. The molecule has 1 atom stereocenters. The molecule has 148 valence electrons. The number of nitrogens with zero attached hydrogens (tertiary/aromatic N) is 3. The Labute approximate surface area is 163 Å². The molecule has 1 aromatic carbocycles. The van der Waals surface area contributed by atoms with E-state index in [4.69, 9.17) is 4.74 Å². The van der Waals surface area contributed by atoms with Crippen molar-refractivity contribution < 1.29 is 9.53 Å². The molecule has 0 aliphatic heterocycles. The molecular weight excluding hydrogens is 358 g/mol. The molecule has 28 heavy (non-hydrogen) atoms. The highest BCUT2D eigenvalue weighted by molar-refractivity contribution is 5.95. The Bertz CT molecular complexity index is 1080. The number of rotatable bonds is 5. The van der Waals surface area contributed by atoms with Crippen LogP contribution in [0.25, 0.3) is 11.0 Å². The summed E-state index contributed by atoms with van der Waals surface area (Å²) in [7, 11) is 4.92. The van der Waals surface area contributed by atoms with Crippen LogP contribution in [0, 0.1) is 6.92 Å². The predicted molar refractivity (Wildman–Crippen MR) is 109 cm³/mol. The molecular formula is C20H25N5O3. The van der Waals surface area contributed by atoms with E-state index in [2.05, 4.69) is 15.6 Å². The van der Waals surface area contributed by atoms with Crippen molar-refractivity contribution in [3.05, 3.63) is 52.2 Å². The van der Waals surface area contributed by atoms with Crippen LogP contribution in [-0.4, -0.2) is 27.3 Å². The number of benzene rings is 1. The van der Waals surface area contributed by atoms with E-state index in [-0.39, 0.29) is 17.8 Å². The fourth-order valence-electron chi connectivity index (χ4n) is 3.24. The number of carbonyl (C=O) groups excluding carboxylic acids is 1. The standard InChI is InChI=1S/C20H25N5O3/c1-6-13(14-9-12(2)7-8-21-14)22-19(26)23-15-10-16-17(11-18(15)28-5)25(4)20(27)24(16)3/h7-11,13H,6H2,1-5H3,(H2,22,23,26)/t13-/m0/s1. The monoisotopic (exact) mass is 383 g/mol. The lowest BCUT2D eigenvalue weighted by Crippen LogP contribution is -2.32. The van der Waals surface area contributed by atoms with Crippen LogP contribution in [0.4, 0.5) is 10.5 Å². The molecule has 2 N–H and O–H groups in total. The number of pyridine rings is 1. The van der Waals surface area contributed by atoms with Gasteiger partial charge in [0, 0.05) is 26.4 Å². The summed E-state index contributed by atoms with van der Waals surface area (Å²) in [6.07, 6.45) is 2.44. The second-order valence-corrected chi connectivity index (χ2v) is 6.76. The number of aromatic nitrogens is 3. The molecule has 0 fully saturated rings. The molecule has 8 heteroatoms. The van der Waals surface area contributed by atoms with E-state index in [1.54, 1.807) is 32.4 Å². The molecule has 0 spiro atoms. The van der Waals surface area contributed by atoms with Gasteiger partial charge in [-0.2, -0.15) is 0 Å². The maximum absolute atomic E-state index is 12.6. The third-order valence-electron chi connectivity index (χ3n) is 4.85. The van der Waals surface area contributed by atoms with E-state index < -0.39 is 0 Å². The smallest absolute Gasteiger partial charge is 0.328 e. The number of aryl methyl sites for hydroxylation is 3. The Kier molecular flexibility index (Phi) is 5.39. The fourth-order valence-corrected chi connectivity index (χ4v) is 3.24. The first-order chi connectivity index (χ1) is 13.3. The SMILES string of the molecule is CC[C@H](NC(=O)Nc1cc2c(cc1OC)n(C)c(=O)n2C)c1cc(C)ccn1. The number of hydrogen-bond donors (Lipinski definition) is 2. The molecule has 8 nitrogen and oxygen atoms in total. The van der Waals surface area contributed by atoms with Gasteiger partial charge in [-0.1, -0.05) is 6.92 Å². The van der Waals surface area contributed by atoms with Crippen molar-refractivity contribution in [2.45, 2.75) is 26.3 Å². The molecule has 0 bridgehead atoms. The predicted octanol–water partition coefficient (Wildman–Crippen LogP) is 2.86. The second kappa shape index (κ2) is 7.75. The largest absolute Gasteiger partial charge is 0.494 e. The van der Waals surface area contributed by atoms with Crippen molar-refractivity contribution in [1.29, 1.82) is 0 Å². The number of urea groups is 1. The van der Waals surface area contributed by atoms with E-state index in [1.165, 1.54) is 16.2 Å². The molecule has 2 aromatic heterocycles. The van der Waals surface area contributed by atoms with Crippen molar-refractivity contribution in [2.24, 2.45) is 14.1 Å². The van der Waals surface area contributed by atoms with Gasteiger partial charge in [0.1, 0.15) is 5.75 Å². The van der Waals surface area contributed by atoms with E-state index in [1.807, 2.05) is 26.0 Å². The van der Waals surface area contributed by atoms with Gasteiger partial charge in [-0.3, -0.25) is 14.1 Å². The van der Waals surface area contributed by atoms with Gasteiger partial charge in [-0.05, 0) is 37.1 Å². The minimum Gasteiger partial charge on any atom is -0.494 e. The number of amides is 2. The van der Waals surface area contributed by atoms with Crippen LogP contribution >= 0.6 is 0 Å². The highest BCUT2D eigenvalue weighted by atomic mass is 16.5. The highest BCUT2D eigenvalue weighted by Gasteiger charge is 2.17. The zero-order valence-corrected chi connectivity index (χ0v) is 16.7. The normalized spacial score (nSPS) is 12.0. The number of fused-ring (bicyclic) bond motifs is 1. The third-order valence-corrected chi connectivity index (χ3v) is 4.85. The quantitative estimate of drug-likeness (QED) is 0.709. The third kappa shape index (κ3) is 3.58. The minimum absolute atomic E-state index is 0.143. The Morgan fingerprint density at radius 3 is 2.50 bits per heavy atom. The van der Waals surface area contributed by atoms with Crippen LogP contribution in [0.3, 0.4) is 0 Å². The average molecular weight is 383 g/mol. The lowest BCUT2D eigenvalue weighted by molar-refractivity contribution is 0.248. The zero-order chi connectivity index (χ0) is 20.4. The molecule has 2 amide bonds. The van der Waals surface area contributed by atoms with Crippen LogP contribution in [0.1, 0.15) is 30.6 Å². The van der Waals surface area contributed by atoms with Crippen molar-refractivity contribution in [3.63, 3.8) is 0 Å². The minimum atomic E-state index is -0.367. The van der Waals surface area contributed by atoms with Crippen molar-refractivity contribution in [3.8, 4) is 5.75 Å². The van der Waals surface area contributed by atoms with Gasteiger partial charge in [0.15, 0.2) is 0 Å². The molecule has 3 aromatic rings. The maximum Gasteiger partial charge on any atom is 0.328 e. The van der Waals surface area contributed by atoms with Gasteiger partial charge in [-0.15, -0.1) is 0 Å². The topological polar surface area (TPSA) is 90.2 Å². The Hall–Kier alpha value is -3.29. The molecule has 0 aliphatic carbocycles. The Morgan fingerprint density at radius 1 is 1.21 bits per heavy atom. The second-order valence-electron chi connectivity index (χ2n) is 6.76. The lowest BCUT2D eigenvalue weighted by Gasteiger charge is -2.18. The van der Waals surface area contributed by atoms with Crippen molar-refractivity contribution in [2.75, 3.05) is 12.4 Å². The van der Waals surface area contributed by atoms with Gasteiger partial charge in [-0.25, -0.2) is 9.59 Å². The van der Waals surface area contributed by atoms with Crippen molar-refractivity contribution in [1.82, 2.24) is 19.4 Å². The summed E-state index contributed by atoms with van der Waals surface area (Å²) in [4.78, 5) is 29.2. The van der Waals surface area contributed by atoms with Gasteiger partial charge in [0.25, 0.3) is 0 Å². The number of ether oxygens (including phenoxy) is 1. The first kappa shape index (κ1) is 19.5. The van der Waals surface area contributed by atoms with Crippen LogP contribution in [0.5, 0.6) is 5.75 Å². The number of anilines is 1. The summed E-state index contributed by atoms with van der Waals surface area (Å²) < 4.78 is 8.48. The summed E-state index contributed by atoms with van der Waals surface area (Å²) in [5.74, 6) is 0.477. The molecule has 0 radical (unpaired) electrons. The van der Waals surface area contributed by atoms with Crippen LogP contribution in [0.2, 0.25) is 0 Å². The first-order valence-corrected chi connectivity index (χ1v) is 9.09. The molecule has 2 heterocycles. The first-order valence-electron chi connectivity index (χ1n) is 9.09. The molecule has 3 rings (SSSR count). The molecule has 0 saturated carbocycles. The zero-order valence-electron chi connectivity index (χ0n) is 16.7. The Balaban J connectivity index is 1.87. The number of methoxy groups -OCH3 is 1. The number of carbonyl (C=O) groups is 1. The molecule has 0 saturated heterocycles. The lowest BCUT2D eigenvalue weighted by atomic mass is 10.1. The summed E-state index contributed by atoms with van der Waals surface area (Å²) in [6.45, 7) is 3.98. The van der Waals surface area contributed by atoms with Crippen molar-refractivity contribution >= 4 is 22.8 Å². The van der Waals surface area contributed by atoms with E-state index in [9.17, 15) is 9.59 Å². The number of nitrogens with one attached hydrogen (secondary N) is 2. The average Bonchev–Trinajstić information content (AvgIpc) is 2.89. The summed E-state index contributed by atoms with van der Waals surface area (Å²) in [6, 6.07) is 6.78. The van der Waals surface area contributed by atoms with Crippen LogP contribution < -0.4 is 21.1 Å². The number of hydrogen-bond acceptors (Lipinski definition) is 4. The van der Waals surface area contributed by atoms with E-state index >= 15 is 0 Å². The number of imidazole rings is 1. The van der Waals surface area contributed by atoms with Gasteiger partial charge >= 0.3 is 11.7 Å². The maximum atomic E-state index is 12.6. The van der Waals surface area contributed by atoms with Crippen LogP contribution in [-0.2, 0) is 14.1 Å². The van der Waals surface area contributed by atoms with Crippen LogP contribution in [0.15, 0.2) is 35.3 Å². The fraction of sp³-hybridized carbons (Fsp3) is 0.350. The van der Waals surface area contributed by atoms with Gasteiger partial charge in [0.05, 0.1) is 35.6 Å². The van der Waals surface area contributed by atoms with Gasteiger partial charge in [0.2, 0.25) is 0 Å².